The molecule has 0 amide bonds. The van der Waals surface area contributed by atoms with Gasteiger partial charge in [-0.25, -0.2) is 4.98 Å². The van der Waals surface area contributed by atoms with Crippen LogP contribution in [0.15, 0.2) is 47.3 Å². The molecule has 9 heteroatoms. The Labute approximate surface area is 225 Å². The number of piperidine rings is 1. The molecule has 1 saturated heterocycles. The van der Waals surface area contributed by atoms with Crippen molar-refractivity contribution in [1.82, 2.24) is 25.1 Å². The zero-order valence-electron chi connectivity index (χ0n) is 22.1. The van der Waals surface area contributed by atoms with E-state index in [0.29, 0.717) is 34.8 Å². The van der Waals surface area contributed by atoms with Crippen LogP contribution in [0.5, 0.6) is 0 Å². The number of nitrogens with two attached hydrogens (primary N) is 1. The molecule has 4 N–H and O–H groups in total. The summed E-state index contributed by atoms with van der Waals surface area (Å²) in [5.74, 6) is 0.556. The fourth-order valence-electron chi connectivity index (χ4n) is 6.83. The first-order valence-electron chi connectivity index (χ1n) is 13.5. The van der Waals surface area contributed by atoms with Gasteiger partial charge in [0, 0.05) is 30.3 Å². The number of hydrogen-bond acceptors (Lipinski definition) is 7. The van der Waals surface area contributed by atoms with Gasteiger partial charge in [0.05, 0.1) is 5.69 Å². The minimum atomic E-state index is -0.226. The van der Waals surface area contributed by atoms with Gasteiger partial charge in [0.1, 0.15) is 22.8 Å². The summed E-state index contributed by atoms with van der Waals surface area (Å²) in [5, 5.41) is 17.3. The van der Waals surface area contributed by atoms with Crippen molar-refractivity contribution < 1.29 is 0 Å². The number of nitrogens with zero attached hydrogens (tertiary/aromatic N) is 5. The van der Waals surface area contributed by atoms with Gasteiger partial charge in [-0.1, -0.05) is 44.2 Å². The lowest BCUT2D eigenvalue weighted by atomic mass is 9.73. The number of aromatic amines is 2. The molecule has 1 fully saturated rings. The molecule has 4 heterocycles. The Kier molecular flexibility index (Phi) is 5.10. The number of benzene rings is 1. The zero-order chi connectivity index (χ0) is 26.9. The molecule has 4 aromatic rings. The van der Waals surface area contributed by atoms with E-state index in [0.717, 1.165) is 49.2 Å². The van der Waals surface area contributed by atoms with Gasteiger partial charge in [-0.3, -0.25) is 14.9 Å². The van der Waals surface area contributed by atoms with Gasteiger partial charge in [-0.05, 0) is 59.8 Å². The molecular formula is C30H30N8O. The normalized spacial score (nSPS) is 20.9. The number of allylic oxidation sites excluding steroid dienone is 1. The third-order valence-electron chi connectivity index (χ3n) is 8.86. The molecule has 9 nitrogen and oxygen atoms in total. The first-order valence-corrected chi connectivity index (χ1v) is 13.5. The summed E-state index contributed by atoms with van der Waals surface area (Å²) in [6.07, 6.45) is 5.72. The Morgan fingerprint density at radius 1 is 1.10 bits per heavy atom. The van der Waals surface area contributed by atoms with Crippen LogP contribution in [-0.2, 0) is 12.8 Å². The molecule has 1 spiro atoms. The fraction of sp³-hybridized carbons (Fsp3) is 0.367. The summed E-state index contributed by atoms with van der Waals surface area (Å²) in [4.78, 5) is 28.0. The van der Waals surface area contributed by atoms with E-state index in [1.165, 1.54) is 11.1 Å². The summed E-state index contributed by atoms with van der Waals surface area (Å²) in [6, 6.07) is 14.3. The van der Waals surface area contributed by atoms with Crippen LogP contribution in [0.3, 0.4) is 0 Å². The fourth-order valence-corrected chi connectivity index (χ4v) is 6.83. The molecule has 7 rings (SSSR count). The molecule has 1 atom stereocenters. The number of rotatable bonds is 2. The molecule has 0 radical (unpaired) electrons. The van der Waals surface area contributed by atoms with Crippen LogP contribution in [0.1, 0.15) is 66.5 Å². The van der Waals surface area contributed by atoms with Crippen LogP contribution in [0.2, 0.25) is 0 Å². The highest BCUT2D eigenvalue weighted by atomic mass is 16.1. The average molecular weight is 519 g/mol. The Balaban J connectivity index is 1.20. The van der Waals surface area contributed by atoms with Crippen LogP contribution in [0.4, 0.5) is 5.95 Å². The van der Waals surface area contributed by atoms with E-state index in [-0.39, 0.29) is 22.4 Å². The largest absolute Gasteiger partial charge is 0.342 e. The van der Waals surface area contributed by atoms with Crippen LogP contribution in [0, 0.1) is 22.2 Å². The summed E-state index contributed by atoms with van der Waals surface area (Å²) < 4.78 is 0. The van der Waals surface area contributed by atoms with Gasteiger partial charge in [0.25, 0.3) is 5.56 Å². The summed E-state index contributed by atoms with van der Waals surface area (Å²) >= 11 is 0. The van der Waals surface area contributed by atoms with Gasteiger partial charge in [-0.15, -0.1) is 0 Å². The standard InChI is InChI=1S/C30H30N8O/c1-29(2)14-21(20-8-7-18(16-31)33-22(20)15-29)24-23-26(37-36-24)34-28(35-27(23)39)38-11-9-30(10-12-38)13-17-5-3-4-6-19(17)25(30)32/h3-8,14,25H,9-13,15,32H2,1-2H3,(H2,34,35,36,37,39)/t25-/m1/s1. The number of pyridine rings is 1. The highest BCUT2D eigenvalue weighted by Gasteiger charge is 2.46. The molecule has 3 aromatic heterocycles. The molecule has 0 unspecified atom stereocenters. The number of H-pyrrole nitrogens is 2. The van der Waals surface area contributed by atoms with Crippen molar-refractivity contribution in [2.75, 3.05) is 18.0 Å². The van der Waals surface area contributed by atoms with Gasteiger partial charge in [0.2, 0.25) is 5.95 Å². The highest BCUT2D eigenvalue weighted by Crippen LogP contribution is 2.50. The van der Waals surface area contributed by atoms with Crippen molar-refractivity contribution in [2.24, 2.45) is 16.6 Å². The number of fused-ring (bicyclic) bond motifs is 3. The topological polar surface area (TPSA) is 140 Å². The van der Waals surface area contributed by atoms with Gasteiger partial charge >= 0.3 is 0 Å². The Bertz CT molecular complexity index is 1760. The summed E-state index contributed by atoms with van der Waals surface area (Å²) in [7, 11) is 0. The first-order chi connectivity index (χ1) is 18.8. The molecule has 1 aliphatic heterocycles. The van der Waals surface area contributed by atoms with E-state index >= 15 is 0 Å². The maximum Gasteiger partial charge on any atom is 0.264 e. The quantitative estimate of drug-likeness (QED) is 0.367. The smallest absolute Gasteiger partial charge is 0.264 e. The predicted octanol–water partition coefficient (Wildman–Crippen LogP) is 3.77. The maximum absolute atomic E-state index is 13.5. The number of hydrogen-bond donors (Lipinski definition) is 3. The van der Waals surface area contributed by atoms with Gasteiger partial charge in [0.15, 0.2) is 5.65 Å². The van der Waals surface area contributed by atoms with Crippen LogP contribution in [0.25, 0.3) is 16.6 Å². The molecular weight excluding hydrogens is 488 g/mol. The second-order valence-electron chi connectivity index (χ2n) is 11.9. The highest BCUT2D eigenvalue weighted by molar-refractivity contribution is 5.94. The first kappa shape index (κ1) is 23.8. The number of nitrogens with one attached hydrogen (secondary N) is 2. The molecule has 196 valence electrons. The third kappa shape index (κ3) is 3.70. The Morgan fingerprint density at radius 2 is 1.90 bits per heavy atom. The van der Waals surface area contributed by atoms with Gasteiger partial charge in [-0.2, -0.15) is 15.3 Å². The number of nitriles is 1. The molecule has 2 aliphatic carbocycles. The van der Waals surface area contributed by atoms with Crippen LogP contribution >= 0.6 is 0 Å². The maximum atomic E-state index is 13.5. The second kappa shape index (κ2) is 8.35. The Morgan fingerprint density at radius 3 is 2.67 bits per heavy atom. The monoisotopic (exact) mass is 518 g/mol. The van der Waals surface area contributed by atoms with E-state index in [9.17, 15) is 10.1 Å². The van der Waals surface area contributed by atoms with Crippen LogP contribution < -0.4 is 16.2 Å². The second-order valence-corrected chi connectivity index (χ2v) is 11.9. The predicted molar refractivity (Wildman–Crippen MR) is 149 cm³/mol. The molecule has 0 bridgehead atoms. The van der Waals surface area contributed by atoms with Crippen molar-refractivity contribution in [2.45, 2.75) is 45.6 Å². The Hall–Kier alpha value is -4.29. The number of aromatic nitrogens is 5. The molecule has 1 aromatic carbocycles. The van der Waals surface area contributed by atoms with Crippen molar-refractivity contribution in [3.63, 3.8) is 0 Å². The van der Waals surface area contributed by atoms with E-state index in [1.807, 2.05) is 6.07 Å². The number of anilines is 1. The van der Waals surface area contributed by atoms with Gasteiger partial charge < -0.3 is 10.6 Å². The van der Waals surface area contributed by atoms with E-state index in [1.54, 1.807) is 6.07 Å². The summed E-state index contributed by atoms with van der Waals surface area (Å²) in [6.45, 7) is 5.78. The van der Waals surface area contributed by atoms with E-state index in [2.05, 4.69) is 75.3 Å². The lowest BCUT2D eigenvalue weighted by Crippen LogP contribution is -2.45. The average Bonchev–Trinajstić information content (AvgIpc) is 3.47. The van der Waals surface area contributed by atoms with E-state index in [4.69, 9.17) is 10.7 Å². The molecule has 39 heavy (non-hydrogen) atoms. The SMILES string of the molecule is CC1(C)C=C(c2n[nH]c3nc(N4CCC5(CC4)Cc4ccccc4[C@H]5N)[nH]c(=O)c23)c2ccc(C#N)nc2C1. The summed E-state index contributed by atoms with van der Waals surface area (Å²) in [5.41, 5.74) is 13.0. The van der Waals surface area contributed by atoms with Crippen molar-refractivity contribution in [1.29, 1.82) is 5.26 Å². The minimum absolute atomic E-state index is 0.0372. The minimum Gasteiger partial charge on any atom is -0.342 e. The molecule has 3 aliphatic rings. The lowest BCUT2D eigenvalue weighted by molar-refractivity contribution is 0.187. The van der Waals surface area contributed by atoms with E-state index < -0.39 is 0 Å². The van der Waals surface area contributed by atoms with Crippen LogP contribution in [-0.4, -0.2) is 38.2 Å². The van der Waals surface area contributed by atoms with Crippen molar-refractivity contribution in [3.8, 4) is 6.07 Å². The van der Waals surface area contributed by atoms with Crippen molar-refractivity contribution in [3.05, 3.63) is 86.6 Å². The lowest BCUT2D eigenvalue weighted by Gasteiger charge is -2.42. The third-order valence-corrected chi connectivity index (χ3v) is 8.86. The zero-order valence-corrected chi connectivity index (χ0v) is 22.1. The molecule has 0 saturated carbocycles. The van der Waals surface area contributed by atoms with Crippen molar-refractivity contribution >= 4 is 22.6 Å².